The lowest BCUT2D eigenvalue weighted by Crippen LogP contribution is -2.27. The number of halogens is 2. The normalized spacial score (nSPS) is 12.0. The van der Waals surface area contributed by atoms with E-state index in [1.165, 1.54) is 0 Å². The largest absolute Gasteiger partial charge is 0.393 e. The van der Waals surface area contributed by atoms with E-state index in [0.29, 0.717) is 25.0 Å². The number of rotatable bonds is 6. The number of carbonyl (C=O) groups is 1. The highest BCUT2D eigenvalue weighted by Crippen LogP contribution is 2.22. The van der Waals surface area contributed by atoms with Crippen molar-refractivity contribution in [1.82, 2.24) is 5.32 Å². The second-order valence-electron chi connectivity index (χ2n) is 4.26. The van der Waals surface area contributed by atoms with Crippen molar-refractivity contribution in [3.8, 4) is 0 Å². The summed E-state index contributed by atoms with van der Waals surface area (Å²) in [6.07, 6.45) is 0.292. The van der Waals surface area contributed by atoms with Gasteiger partial charge in [0.25, 0.3) is 5.91 Å². The van der Waals surface area contributed by atoms with Crippen LogP contribution in [0.5, 0.6) is 0 Å². The fraction of sp³-hybridized carbons (Fsp3) is 0.417. The van der Waals surface area contributed by atoms with Crippen LogP contribution in [0, 0.1) is 21.7 Å². The standard InChI is InChI=1S/C12H14F2N2O4/c1-7(17)3-2-6-15-12(18)10-8(13)4-5-9(11(10)14)16(19)20/h4-5,7,17H,2-3,6H2,1H3,(H,15,18). The molecule has 0 bridgehead atoms. The molecule has 1 amide bonds. The maximum atomic E-state index is 13.7. The highest BCUT2D eigenvalue weighted by atomic mass is 19.1. The number of amides is 1. The number of hydrogen-bond acceptors (Lipinski definition) is 4. The zero-order valence-electron chi connectivity index (χ0n) is 10.7. The van der Waals surface area contributed by atoms with Gasteiger partial charge in [0.15, 0.2) is 0 Å². The van der Waals surface area contributed by atoms with Crippen LogP contribution in [-0.4, -0.2) is 28.6 Å². The molecule has 1 aromatic carbocycles. The zero-order chi connectivity index (χ0) is 15.3. The first kappa shape index (κ1) is 16.0. The Balaban J connectivity index is 2.82. The Bertz CT molecular complexity index is 520. The molecular weight excluding hydrogens is 274 g/mol. The van der Waals surface area contributed by atoms with Crippen molar-refractivity contribution in [2.45, 2.75) is 25.9 Å². The van der Waals surface area contributed by atoms with Crippen LogP contribution in [0.15, 0.2) is 12.1 Å². The first-order chi connectivity index (χ1) is 9.34. The summed E-state index contributed by atoms with van der Waals surface area (Å²) in [5.74, 6) is -3.72. The molecule has 8 heteroatoms. The molecule has 1 atom stereocenters. The van der Waals surface area contributed by atoms with Gasteiger partial charge >= 0.3 is 5.69 Å². The van der Waals surface area contributed by atoms with Gasteiger partial charge in [-0.05, 0) is 25.8 Å². The molecule has 0 aliphatic carbocycles. The van der Waals surface area contributed by atoms with Crippen molar-refractivity contribution in [3.05, 3.63) is 39.4 Å². The fourth-order valence-electron chi connectivity index (χ4n) is 1.58. The van der Waals surface area contributed by atoms with Crippen LogP contribution in [0.3, 0.4) is 0 Å². The SMILES string of the molecule is CC(O)CCCNC(=O)c1c(F)ccc([N+](=O)[O-])c1F. The van der Waals surface area contributed by atoms with Gasteiger partial charge in [-0.2, -0.15) is 4.39 Å². The van der Waals surface area contributed by atoms with Crippen LogP contribution in [0.25, 0.3) is 0 Å². The van der Waals surface area contributed by atoms with Crippen LogP contribution in [0.4, 0.5) is 14.5 Å². The minimum absolute atomic E-state index is 0.102. The molecule has 0 radical (unpaired) electrons. The van der Waals surface area contributed by atoms with Crippen molar-refractivity contribution in [2.24, 2.45) is 0 Å². The number of nitrogens with one attached hydrogen (secondary N) is 1. The van der Waals surface area contributed by atoms with Gasteiger partial charge in [0.1, 0.15) is 11.4 Å². The predicted octanol–water partition coefficient (Wildman–Crippen LogP) is 1.76. The third-order valence-electron chi connectivity index (χ3n) is 2.58. The van der Waals surface area contributed by atoms with E-state index in [-0.39, 0.29) is 6.54 Å². The topological polar surface area (TPSA) is 92.5 Å². The van der Waals surface area contributed by atoms with Crippen molar-refractivity contribution >= 4 is 11.6 Å². The summed E-state index contributed by atoms with van der Waals surface area (Å²) in [6, 6.07) is 1.33. The molecule has 110 valence electrons. The third-order valence-corrected chi connectivity index (χ3v) is 2.58. The molecule has 1 unspecified atom stereocenters. The van der Waals surface area contributed by atoms with Gasteiger partial charge in [-0.1, -0.05) is 0 Å². The summed E-state index contributed by atoms with van der Waals surface area (Å²) in [5, 5.41) is 21.8. The Kier molecular flexibility index (Phi) is 5.51. The molecule has 0 saturated carbocycles. The van der Waals surface area contributed by atoms with E-state index in [1.807, 2.05) is 0 Å². The Morgan fingerprint density at radius 2 is 2.15 bits per heavy atom. The summed E-state index contributed by atoms with van der Waals surface area (Å²) < 4.78 is 27.1. The van der Waals surface area contributed by atoms with Crippen molar-refractivity contribution < 1.29 is 23.6 Å². The summed E-state index contributed by atoms with van der Waals surface area (Å²) in [7, 11) is 0. The van der Waals surface area contributed by atoms with Gasteiger partial charge < -0.3 is 10.4 Å². The molecule has 6 nitrogen and oxygen atoms in total. The molecule has 20 heavy (non-hydrogen) atoms. The molecule has 0 aromatic heterocycles. The molecule has 0 fully saturated rings. The summed E-state index contributed by atoms with van der Waals surface area (Å²) in [6.45, 7) is 1.67. The lowest BCUT2D eigenvalue weighted by atomic mass is 10.1. The number of hydrogen-bond donors (Lipinski definition) is 2. The van der Waals surface area contributed by atoms with E-state index < -0.39 is 39.8 Å². The van der Waals surface area contributed by atoms with E-state index in [0.717, 1.165) is 0 Å². The Morgan fingerprint density at radius 3 is 2.70 bits per heavy atom. The van der Waals surface area contributed by atoms with Gasteiger partial charge in [-0.15, -0.1) is 0 Å². The Morgan fingerprint density at radius 1 is 1.50 bits per heavy atom. The van der Waals surface area contributed by atoms with Crippen LogP contribution in [0.2, 0.25) is 0 Å². The molecule has 1 aromatic rings. The average molecular weight is 288 g/mol. The maximum absolute atomic E-state index is 13.7. The van der Waals surface area contributed by atoms with Gasteiger partial charge in [-0.25, -0.2) is 4.39 Å². The van der Waals surface area contributed by atoms with Crippen LogP contribution in [0.1, 0.15) is 30.1 Å². The van der Waals surface area contributed by atoms with Gasteiger partial charge in [0.05, 0.1) is 11.0 Å². The molecule has 2 N–H and O–H groups in total. The number of carbonyl (C=O) groups excluding carboxylic acids is 1. The van der Waals surface area contributed by atoms with Crippen molar-refractivity contribution in [3.63, 3.8) is 0 Å². The number of aliphatic hydroxyl groups excluding tert-OH is 1. The average Bonchev–Trinajstić information content (AvgIpc) is 2.34. The van der Waals surface area contributed by atoms with E-state index in [9.17, 15) is 23.7 Å². The molecule has 0 heterocycles. The van der Waals surface area contributed by atoms with E-state index in [2.05, 4.69) is 5.32 Å². The quantitative estimate of drug-likeness (QED) is 0.474. The molecule has 0 aliphatic rings. The monoisotopic (exact) mass is 288 g/mol. The van der Waals surface area contributed by atoms with Gasteiger partial charge in [0, 0.05) is 12.6 Å². The number of benzene rings is 1. The number of nitro groups is 1. The fourth-order valence-corrected chi connectivity index (χ4v) is 1.58. The van der Waals surface area contributed by atoms with Crippen LogP contribution < -0.4 is 5.32 Å². The molecular formula is C12H14F2N2O4. The predicted molar refractivity (Wildman–Crippen MR) is 66.3 cm³/mol. The van der Waals surface area contributed by atoms with Crippen LogP contribution >= 0.6 is 0 Å². The number of nitro benzene ring substituents is 1. The van der Waals surface area contributed by atoms with E-state index in [1.54, 1.807) is 6.92 Å². The first-order valence-electron chi connectivity index (χ1n) is 5.93. The lowest BCUT2D eigenvalue weighted by molar-refractivity contribution is -0.387. The first-order valence-corrected chi connectivity index (χ1v) is 5.93. The third kappa shape index (κ3) is 3.95. The minimum Gasteiger partial charge on any atom is -0.393 e. The number of nitrogens with zero attached hydrogens (tertiary/aromatic N) is 1. The lowest BCUT2D eigenvalue weighted by Gasteiger charge is -2.08. The summed E-state index contributed by atoms with van der Waals surface area (Å²) >= 11 is 0. The van der Waals surface area contributed by atoms with Crippen molar-refractivity contribution in [1.29, 1.82) is 0 Å². The smallest absolute Gasteiger partial charge is 0.305 e. The van der Waals surface area contributed by atoms with Gasteiger partial charge in [-0.3, -0.25) is 14.9 Å². The number of aliphatic hydroxyl groups is 1. The summed E-state index contributed by atoms with van der Waals surface area (Å²) in [4.78, 5) is 21.1. The van der Waals surface area contributed by atoms with Gasteiger partial charge in [0.2, 0.25) is 5.82 Å². The van der Waals surface area contributed by atoms with E-state index >= 15 is 0 Å². The second kappa shape index (κ2) is 6.90. The Hall–Kier alpha value is -2.09. The summed E-state index contributed by atoms with van der Waals surface area (Å²) in [5.41, 5.74) is -1.93. The Labute approximate surface area is 113 Å². The minimum atomic E-state index is -1.50. The molecule has 1 rings (SSSR count). The maximum Gasteiger partial charge on any atom is 0.305 e. The molecule has 0 saturated heterocycles. The molecule has 0 aliphatic heterocycles. The highest BCUT2D eigenvalue weighted by Gasteiger charge is 2.25. The van der Waals surface area contributed by atoms with Crippen molar-refractivity contribution in [2.75, 3.05) is 6.54 Å². The zero-order valence-corrected chi connectivity index (χ0v) is 10.7. The molecule has 0 spiro atoms. The van der Waals surface area contributed by atoms with Crippen LogP contribution in [-0.2, 0) is 0 Å². The highest BCUT2D eigenvalue weighted by molar-refractivity contribution is 5.95. The van der Waals surface area contributed by atoms with E-state index in [4.69, 9.17) is 5.11 Å². The second-order valence-corrected chi connectivity index (χ2v) is 4.26.